The van der Waals surface area contributed by atoms with Crippen molar-refractivity contribution in [2.24, 2.45) is 0 Å². The third-order valence-electron chi connectivity index (χ3n) is 5.18. The zero-order valence-electron chi connectivity index (χ0n) is 29.0. The molecule has 0 aromatic carbocycles. The monoisotopic (exact) mass is 564 g/mol. The van der Waals surface area contributed by atoms with Gasteiger partial charge in [-0.05, 0) is 0 Å². The van der Waals surface area contributed by atoms with Crippen molar-refractivity contribution in [3.8, 4) is 0 Å². The summed E-state index contributed by atoms with van der Waals surface area (Å²) in [5.41, 5.74) is 0. The third-order valence-corrected chi connectivity index (χ3v) is 5.18. The molecule has 0 spiro atoms. The van der Waals surface area contributed by atoms with Crippen molar-refractivity contribution < 1.29 is 9.36 Å². The second-order valence-electron chi connectivity index (χ2n) is 9.17. The molecule has 0 amide bonds. The summed E-state index contributed by atoms with van der Waals surface area (Å²) in [6, 6.07) is 0. The Bertz CT molecular complexity index is 1570. The molecule has 0 rings (SSSR count). The second-order valence-corrected chi connectivity index (χ2v) is 9.17. The molecule has 0 heterocycles. The fourth-order valence-electron chi connectivity index (χ4n) is 2.93. The van der Waals surface area contributed by atoms with E-state index < -0.39 is 0 Å². The molecule has 0 saturated carbocycles. The van der Waals surface area contributed by atoms with E-state index in [4.69, 9.17) is 4.65 Å². The minimum atomic E-state index is 0.749. The average molecular weight is 555 g/mol. The standard InChI is InChI=1S/CH3B47O2/c1-50-48-46-44-42-40-38-36-34-32-30-28-26-24-22-20-18-16-14-12-10-8-6-4-2-3-5-7-9-11-13-15-17-19-21-23-25-27-29-31-33-35-37-39-41-43-45-47-49/h1H3. The van der Waals surface area contributed by atoms with E-state index in [1.807, 2.05) is 281 Å². The van der Waals surface area contributed by atoms with Gasteiger partial charge in [-0.25, -0.2) is 0 Å². The Hall–Kier alpha value is 2.65. The van der Waals surface area contributed by atoms with Crippen molar-refractivity contribution in [2.45, 2.75) is 0 Å². The molecule has 49 heteroatoms. The molecule has 160 valence electrons. The molecule has 0 N–H and O–H groups in total. The summed E-state index contributed by atoms with van der Waals surface area (Å²) >= 11 is 0. The van der Waals surface area contributed by atoms with Crippen LogP contribution in [0.2, 0.25) is 0 Å². The van der Waals surface area contributed by atoms with Crippen LogP contribution in [0, 0.1) is 0 Å². The fraction of sp³-hybridized carbons (Fsp3) is 1.00. The molecule has 0 fully saturated rings. The predicted octanol–water partition coefficient (Wildman–Crippen LogP) is -17.9. The molecule has 0 aromatic rings. The van der Waals surface area contributed by atoms with Crippen LogP contribution in [0.1, 0.15) is 0 Å². The van der Waals surface area contributed by atoms with E-state index in [1.54, 1.807) is 27.5 Å². The summed E-state index contributed by atoms with van der Waals surface area (Å²) in [4.78, 5) is 0. The van der Waals surface area contributed by atoms with Gasteiger partial charge < -0.3 is 0 Å². The number of rotatable bonds is 24. The predicted molar refractivity (Wildman–Crippen MR) is 278 cm³/mol. The molecule has 0 bridgehead atoms. The quantitative estimate of drug-likeness (QED) is 0.111. The van der Waals surface area contributed by atoms with Crippen LogP contribution in [0.4, 0.5) is 0 Å². The van der Waals surface area contributed by atoms with Gasteiger partial charge in [-0.15, -0.1) is 0 Å². The van der Waals surface area contributed by atoms with E-state index >= 15 is 0 Å². The van der Waals surface area contributed by atoms with Crippen molar-refractivity contribution in [1.29, 1.82) is 0 Å². The average Bonchev–Trinajstić information content (AvgIpc) is 3.13. The molecular formula is CH3B47O2. The molecule has 0 atom stereocenters. The fourth-order valence-corrected chi connectivity index (χ4v) is 2.93. The van der Waals surface area contributed by atoms with Crippen LogP contribution < -0.4 is 0 Å². The van der Waals surface area contributed by atoms with Crippen LogP contribution in [0.15, 0.2) is 0 Å². The maximum atomic E-state index is 10.1. The zero-order chi connectivity index (χ0) is 35.9. The van der Waals surface area contributed by atoms with E-state index in [0.717, 1.165) is 7.04 Å². The van der Waals surface area contributed by atoms with Crippen LogP contribution in [0.3, 0.4) is 0 Å². The van der Waals surface area contributed by atoms with E-state index in [2.05, 4.69) is 0 Å². The Labute approximate surface area is 329 Å². The summed E-state index contributed by atoms with van der Waals surface area (Å²) in [6.45, 7) is 87.6. The Morgan fingerprint density at radius 2 is 0.320 bits per heavy atom. The van der Waals surface area contributed by atoms with Gasteiger partial charge in [0.1, 0.15) is 0 Å². The Balaban J connectivity index is 4.05. The molecule has 50 heavy (non-hydrogen) atoms. The van der Waals surface area contributed by atoms with E-state index in [1.165, 1.54) is 6.69 Å². The van der Waals surface area contributed by atoms with Crippen molar-refractivity contribution in [3.05, 3.63) is 0 Å². The number of hydrogen-bond acceptors (Lipinski definition) is 2. The van der Waals surface area contributed by atoms with Crippen LogP contribution in [0.25, 0.3) is 0 Å². The van der Waals surface area contributed by atoms with Crippen molar-refractivity contribution in [2.75, 3.05) is 7.11 Å². The van der Waals surface area contributed by atoms with Gasteiger partial charge in [0.2, 0.25) is 0 Å². The van der Waals surface area contributed by atoms with Gasteiger partial charge in [-0.3, -0.25) is 0 Å². The third kappa shape index (κ3) is 50.7. The zero-order valence-corrected chi connectivity index (χ0v) is 29.0. The number of hydrogen-bond donors (Lipinski definition) is 0. The summed E-state index contributed by atoms with van der Waals surface area (Å²) in [7, 11) is 4.00. The summed E-state index contributed by atoms with van der Waals surface area (Å²) in [6.07, 6.45) is 0. The molecule has 0 aliphatic rings. The molecule has 0 aromatic heterocycles. The van der Waals surface area contributed by atoms with Crippen molar-refractivity contribution in [3.63, 3.8) is 0 Å². The Morgan fingerprint density at radius 3 is 0.440 bits per heavy atom. The first-order chi connectivity index (χ1) is 24.9. The van der Waals surface area contributed by atoms with Gasteiger partial charge in [0, 0.05) is 0 Å². The second kappa shape index (κ2) is 51.7. The molecule has 0 saturated heterocycles. The molecule has 0 aliphatic heterocycles. The molecular weight excluding hydrogens is 552 g/mol. The van der Waals surface area contributed by atoms with Gasteiger partial charge in [0.15, 0.2) is 0 Å². The van der Waals surface area contributed by atoms with Gasteiger partial charge in [-0.2, -0.15) is 0 Å². The van der Waals surface area contributed by atoms with Gasteiger partial charge in [-0.1, -0.05) is 0 Å². The van der Waals surface area contributed by atoms with Crippen molar-refractivity contribution in [1.82, 2.24) is 0 Å². The summed E-state index contributed by atoms with van der Waals surface area (Å²) < 4.78 is 14.9. The molecule has 2 nitrogen and oxygen atoms in total. The SMILES string of the molecule is COB=BB=BB=BB=BB=BB=BB=BB=BB=BB=BB=BB=BB=BB=BB=BB=BB=BB=BB=BB=BB=BB=BB=BB=O. The van der Waals surface area contributed by atoms with Crippen LogP contribution in [0.5, 0.6) is 0 Å². The molecule has 0 aliphatic carbocycles. The van der Waals surface area contributed by atoms with Gasteiger partial charge >= 0.3 is 332 Å². The topological polar surface area (TPSA) is 26.3 Å². The maximum absolute atomic E-state index is 10.1. The first kappa shape index (κ1) is 52.7. The Kier molecular flexibility index (Phi) is 54.4. The first-order valence-electron chi connectivity index (χ1n) is 16.2. The van der Waals surface area contributed by atoms with Crippen LogP contribution in [-0.4, -0.2) is 322 Å². The Morgan fingerprint density at radius 1 is 0.200 bits per heavy atom. The minimum absolute atomic E-state index is 0.749. The van der Waals surface area contributed by atoms with E-state index in [-0.39, 0.29) is 0 Å². The summed E-state index contributed by atoms with van der Waals surface area (Å²) in [5.74, 6) is 0. The summed E-state index contributed by atoms with van der Waals surface area (Å²) in [5, 5.41) is 0. The first-order valence-corrected chi connectivity index (χ1v) is 16.2. The molecule has 0 unspecified atom stereocenters. The van der Waals surface area contributed by atoms with Gasteiger partial charge in [0.25, 0.3) is 0 Å². The molecule has 0 radical (unpaired) electrons. The van der Waals surface area contributed by atoms with Crippen LogP contribution in [-0.2, 0) is 9.36 Å². The van der Waals surface area contributed by atoms with Crippen LogP contribution >= 0.6 is 0 Å². The van der Waals surface area contributed by atoms with Gasteiger partial charge in [0.05, 0.1) is 0 Å². The normalized spacial score (nSPS) is 7.70. The van der Waals surface area contributed by atoms with E-state index in [9.17, 15) is 4.70 Å². The van der Waals surface area contributed by atoms with E-state index in [0.29, 0.717) is 0 Å². The van der Waals surface area contributed by atoms with Crippen molar-refractivity contribution >= 4 is 315 Å².